The van der Waals surface area contributed by atoms with Crippen molar-refractivity contribution in [3.05, 3.63) is 41.9 Å². The second-order valence-corrected chi connectivity index (χ2v) is 6.91. The van der Waals surface area contributed by atoms with Gasteiger partial charge >= 0.3 is 0 Å². The first-order valence-electron chi connectivity index (χ1n) is 9.10. The van der Waals surface area contributed by atoms with E-state index in [2.05, 4.69) is 15.0 Å². The van der Waals surface area contributed by atoms with Gasteiger partial charge in [-0.3, -0.25) is 14.6 Å². The molecule has 8 nitrogen and oxygen atoms in total. The topological polar surface area (TPSA) is 88.5 Å². The number of anilines is 2. The van der Waals surface area contributed by atoms with E-state index in [-0.39, 0.29) is 23.8 Å². The van der Waals surface area contributed by atoms with Crippen LogP contribution in [-0.2, 0) is 16.0 Å². The van der Waals surface area contributed by atoms with E-state index >= 15 is 0 Å². The number of pyridine rings is 1. The smallest absolute Gasteiger partial charge is 0.255 e. The molecule has 0 aliphatic carbocycles. The van der Waals surface area contributed by atoms with E-state index in [9.17, 15) is 14.0 Å². The van der Waals surface area contributed by atoms with Gasteiger partial charge in [-0.1, -0.05) is 6.92 Å². The van der Waals surface area contributed by atoms with E-state index in [0.29, 0.717) is 43.5 Å². The maximum atomic E-state index is 13.0. The monoisotopic (exact) mass is 385 g/mol. The number of fused-ring (bicyclic) bond motifs is 3. The molecule has 28 heavy (non-hydrogen) atoms. The summed E-state index contributed by atoms with van der Waals surface area (Å²) in [6.45, 7) is 3.27. The zero-order valence-corrected chi connectivity index (χ0v) is 15.7. The van der Waals surface area contributed by atoms with Crippen molar-refractivity contribution in [3.8, 4) is 0 Å². The number of hydrogen-bond donors (Lipinski definition) is 0. The molecule has 1 amide bonds. The third-order valence-electron chi connectivity index (χ3n) is 5.35. The summed E-state index contributed by atoms with van der Waals surface area (Å²) >= 11 is 0. The maximum absolute atomic E-state index is 13.0. The van der Waals surface area contributed by atoms with Gasteiger partial charge in [-0.2, -0.15) is 0 Å². The quantitative estimate of drug-likeness (QED) is 0.735. The van der Waals surface area contributed by atoms with E-state index in [1.54, 1.807) is 18.1 Å². The third-order valence-corrected chi connectivity index (χ3v) is 5.35. The van der Waals surface area contributed by atoms with Crippen LogP contribution in [0.5, 0.6) is 0 Å². The lowest BCUT2D eigenvalue weighted by Crippen LogP contribution is -2.68. The number of likely N-dealkylation sites (N-methyl/N-ethyl adjacent to an activating group) is 1. The van der Waals surface area contributed by atoms with Crippen LogP contribution in [0.4, 0.5) is 15.9 Å². The van der Waals surface area contributed by atoms with Crippen LogP contribution < -0.4 is 9.80 Å². The van der Waals surface area contributed by atoms with Gasteiger partial charge in [0.1, 0.15) is 28.6 Å². The van der Waals surface area contributed by atoms with Crippen molar-refractivity contribution in [2.24, 2.45) is 0 Å². The first kappa shape index (κ1) is 18.4. The van der Waals surface area contributed by atoms with Gasteiger partial charge in [-0.15, -0.1) is 0 Å². The van der Waals surface area contributed by atoms with E-state index < -0.39 is 11.4 Å². The molecule has 2 aliphatic rings. The Morgan fingerprint density at radius 3 is 2.86 bits per heavy atom. The van der Waals surface area contributed by atoms with Crippen LogP contribution in [0, 0.1) is 5.82 Å². The van der Waals surface area contributed by atoms with E-state index in [0.717, 1.165) is 6.20 Å². The highest BCUT2D eigenvalue weighted by molar-refractivity contribution is 6.07. The van der Waals surface area contributed by atoms with Crippen LogP contribution >= 0.6 is 0 Å². The number of amides is 1. The number of ether oxygens (including phenoxy) is 1. The fourth-order valence-corrected chi connectivity index (χ4v) is 3.74. The minimum absolute atomic E-state index is 0.0508. The van der Waals surface area contributed by atoms with E-state index in [1.165, 1.54) is 12.1 Å². The van der Waals surface area contributed by atoms with E-state index in [4.69, 9.17) is 4.74 Å². The molecule has 1 saturated heterocycles. The Balaban J connectivity index is 1.68. The molecule has 0 aromatic carbocycles. The molecule has 0 spiro atoms. The van der Waals surface area contributed by atoms with Gasteiger partial charge in [0.25, 0.3) is 5.91 Å². The van der Waals surface area contributed by atoms with Crippen LogP contribution in [0.3, 0.4) is 0 Å². The fourth-order valence-electron chi connectivity index (χ4n) is 3.74. The normalized spacial score (nSPS) is 21.3. The van der Waals surface area contributed by atoms with Crippen molar-refractivity contribution in [3.63, 3.8) is 0 Å². The largest absolute Gasteiger partial charge is 0.377 e. The van der Waals surface area contributed by atoms with Crippen LogP contribution in [0.1, 0.15) is 29.7 Å². The average Bonchev–Trinajstić information content (AvgIpc) is 2.72. The number of ketones is 1. The molecule has 146 valence electrons. The molecule has 2 aromatic heterocycles. The van der Waals surface area contributed by atoms with Gasteiger partial charge in [0.15, 0.2) is 11.6 Å². The summed E-state index contributed by atoms with van der Waals surface area (Å²) in [5.41, 5.74) is -0.0369. The molecule has 9 heteroatoms. The molecule has 2 aliphatic heterocycles. The van der Waals surface area contributed by atoms with Crippen molar-refractivity contribution in [2.75, 3.05) is 36.6 Å². The van der Waals surface area contributed by atoms with Crippen molar-refractivity contribution >= 4 is 23.2 Å². The average molecular weight is 385 g/mol. The second kappa shape index (κ2) is 6.90. The Hall–Kier alpha value is -2.94. The molecule has 0 radical (unpaired) electrons. The van der Waals surface area contributed by atoms with Gasteiger partial charge in [0.2, 0.25) is 0 Å². The second-order valence-electron chi connectivity index (χ2n) is 6.91. The number of carbonyl (C=O) groups is 2. The molecule has 4 rings (SSSR count). The molecular formula is C19H20FN5O3. The standard InChI is InChI=1S/C19H20FN5O3/c1-3-19-11-28-7-6-25(19)17-14(24(2)18(19)27)10-22-16(23-17)8-15(26)13-5-4-12(20)9-21-13/h4-5,9-10H,3,6-8,11H2,1-2H3. The molecule has 4 heterocycles. The van der Waals surface area contributed by atoms with Gasteiger partial charge in [0, 0.05) is 13.6 Å². The Labute approximate surface area is 161 Å². The summed E-state index contributed by atoms with van der Waals surface area (Å²) in [5, 5.41) is 0. The summed E-state index contributed by atoms with van der Waals surface area (Å²) in [4.78, 5) is 41.7. The number of halogens is 1. The molecule has 1 unspecified atom stereocenters. The number of Topliss-reactive ketones (excluding diaryl/α,β-unsaturated/α-hetero) is 1. The highest BCUT2D eigenvalue weighted by Gasteiger charge is 2.51. The lowest BCUT2D eigenvalue weighted by atomic mass is 9.89. The number of nitrogens with zero attached hydrogens (tertiary/aromatic N) is 5. The molecule has 0 bridgehead atoms. The van der Waals surface area contributed by atoms with Crippen LogP contribution in [0.25, 0.3) is 0 Å². The van der Waals surface area contributed by atoms with Crippen LogP contribution in [0.15, 0.2) is 24.5 Å². The number of hydrogen-bond acceptors (Lipinski definition) is 7. The van der Waals surface area contributed by atoms with Gasteiger partial charge in [-0.05, 0) is 18.6 Å². The van der Waals surface area contributed by atoms with Crippen molar-refractivity contribution < 1.29 is 18.7 Å². The molecule has 0 saturated carbocycles. The Morgan fingerprint density at radius 2 is 2.14 bits per heavy atom. The highest BCUT2D eigenvalue weighted by atomic mass is 19.1. The van der Waals surface area contributed by atoms with Gasteiger partial charge in [0.05, 0.1) is 32.0 Å². The zero-order chi connectivity index (χ0) is 19.9. The molecular weight excluding hydrogens is 365 g/mol. The number of aromatic nitrogens is 3. The summed E-state index contributed by atoms with van der Waals surface area (Å²) in [6, 6.07) is 2.53. The van der Waals surface area contributed by atoms with Gasteiger partial charge in [-0.25, -0.2) is 14.4 Å². The third kappa shape index (κ3) is 2.82. The summed E-state index contributed by atoms with van der Waals surface area (Å²) < 4.78 is 18.6. The SMILES string of the molecule is CCC12COCCN1c1nc(CC(=O)c3ccc(F)cn3)ncc1N(C)C2=O. The van der Waals surface area contributed by atoms with Crippen LogP contribution in [0.2, 0.25) is 0 Å². The number of carbonyl (C=O) groups excluding carboxylic acids is 2. The van der Waals surface area contributed by atoms with E-state index in [1.807, 2.05) is 11.8 Å². The maximum Gasteiger partial charge on any atom is 0.255 e. The van der Waals surface area contributed by atoms with Crippen LogP contribution in [-0.4, -0.2) is 59.0 Å². The fraction of sp³-hybridized carbons (Fsp3) is 0.421. The lowest BCUT2D eigenvalue weighted by Gasteiger charge is -2.51. The van der Waals surface area contributed by atoms with Crippen molar-refractivity contribution in [2.45, 2.75) is 25.3 Å². The Bertz CT molecular complexity index is 936. The summed E-state index contributed by atoms with van der Waals surface area (Å²) in [5.74, 6) is 0.0952. The molecule has 0 N–H and O–H groups in total. The van der Waals surface area contributed by atoms with Crippen molar-refractivity contribution in [1.82, 2.24) is 15.0 Å². The minimum Gasteiger partial charge on any atom is -0.377 e. The predicted molar refractivity (Wildman–Crippen MR) is 98.9 cm³/mol. The minimum atomic E-state index is -0.797. The molecule has 1 atom stereocenters. The molecule has 1 fully saturated rings. The summed E-state index contributed by atoms with van der Waals surface area (Å²) in [6.07, 6.45) is 3.08. The Morgan fingerprint density at radius 1 is 1.32 bits per heavy atom. The number of morpholine rings is 1. The first-order valence-corrected chi connectivity index (χ1v) is 9.10. The summed E-state index contributed by atoms with van der Waals surface area (Å²) in [7, 11) is 1.70. The first-order chi connectivity index (χ1) is 13.5. The zero-order valence-electron chi connectivity index (χ0n) is 15.7. The predicted octanol–water partition coefficient (Wildman–Crippen LogP) is 1.40. The number of rotatable bonds is 4. The van der Waals surface area contributed by atoms with Crippen molar-refractivity contribution in [1.29, 1.82) is 0 Å². The molecule has 2 aromatic rings. The highest BCUT2D eigenvalue weighted by Crippen LogP contribution is 2.41. The lowest BCUT2D eigenvalue weighted by molar-refractivity contribution is -0.128. The Kier molecular flexibility index (Phi) is 4.54. The van der Waals surface area contributed by atoms with Gasteiger partial charge < -0.3 is 14.5 Å².